The Kier molecular flexibility index (Phi) is 5.74. The minimum atomic E-state index is -0.233. The molecule has 0 bridgehead atoms. The van der Waals surface area contributed by atoms with Crippen molar-refractivity contribution in [3.8, 4) is 0 Å². The van der Waals surface area contributed by atoms with E-state index in [9.17, 15) is 9.59 Å². The van der Waals surface area contributed by atoms with Crippen LogP contribution in [0.5, 0.6) is 0 Å². The number of aryl methyl sites for hydroxylation is 2. The maximum absolute atomic E-state index is 13.6. The maximum Gasteiger partial charge on any atom is 0.280 e. The Labute approximate surface area is 174 Å². The zero-order chi connectivity index (χ0) is 21.1. The molecule has 0 aliphatic rings. The van der Waals surface area contributed by atoms with E-state index in [-0.39, 0.29) is 11.1 Å². The van der Waals surface area contributed by atoms with E-state index in [1.54, 1.807) is 12.1 Å². The molecule has 2 heterocycles. The molecule has 4 aromatic rings. The Morgan fingerprint density at radius 2 is 1.07 bits per heavy atom. The first-order chi connectivity index (χ1) is 14.7. The van der Waals surface area contributed by atoms with Crippen molar-refractivity contribution in [2.75, 3.05) is 0 Å². The molecule has 0 amide bonds. The molecular formula is C24H26N4O2. The topological polar surface area (TPSA) is 69.8 Å². The monoisotopic (exact) mass is 402 g/mol. The average Bonchev–Trinajstić information content (AvgIpc) is 2.77. The first kappa shape index (κ1) is 20.0. The van der Waals surface area contributed by atoms with Gasteiger partial charge in [-0.05, 0) is 37.1 Å². The number of para-hydroxylation sites is 2. The SMILES string of the molecule is CCCCc1nc2ccccc2c(=O)n1-n1c(CCCC)nc2ccccc2c1=O. The minimum absolute atomic E-state index is 0.233. The van der Waals surface area contributed by atoms with Crippen molar-refractivity contribution in [1.29, 1.82) is 0 Å². The van der Waals surface area contributed by atoms with Crippen molar-refractivity contribution in [2.24, 2.45) is 0 Å². The lowest BCUT2D eigenvalue weighted by atomic mass is 10.2. The van der Waals surface area contributed by atoms with Crippen LogP contribution in [-0.4, -0.2) is 19.3 Å². The molecule has 6 heteroatoms. The van der Waals surface area contributed by atoms with Gasteiger partial charge in [-0.3, -0.25) is 9.59 Å². The van der Waals surface area contributed by atoms with Crippen LogP contribution in [0.3, 0.4) is 0 Å². The highest BCUT2D eigenvalue weighted by Crippen LogP contribution is 2.14. The van der Waals surface area contributed by atoms with Crippen LogP contribution in [0, 0.1) is 0 Å². The predicted octanol–water partition coefficient (Wildman–Crippen LogP) is 4.10. The van der Waals surface area contributed by atoms with Crippen molar-refractivity contribution in [1.82, 2.24) is 19.3 Å². The summed E-state index contributed by atoms with van der Waals surface area (Å²) in [5.41, 5.74) is 0.843. The fourth-order valence-corrected chi connectivity index (χ4v) is 3.75. The molecule has 0 saturated heterocycles. The molecule has 30 heavy (non-hydrogen) atoms. The first-order valence-electron chi connectivity index (χ1n) is 10.7. The van der Waals surface area contributed by atoms with Crippen LogP contribution in [0.4, 0.5) is 0 Å². The van der Waals surface area contributed by atoms with Crippen molar-refractivity contribution in [2.45, 2.75) is 52.4 Å². The standard InChI is InChI=1S/C24H26N4O2/c1-3-5-15-21-25-19-13-9-7-11-17(19)23(29)27(21)28-22(16-6-4-2)26-20-14-10-8-12-18(20)24(28)30/h7-14H,3-6,15-16H2,1-2H3. The molecule has 154 valence electrons. The average molecular weight is 402 g/mol. The molecule has 0 aliphatic carbocycles. The molecule has 2 aromatic heterocycles. The second kappa shape index (κ2) is 8.61. The number of rotatable bonds is 7. The molecule has 0 saturated carbocycles. The summed E-state index contributed by atoms with van der Waals surface area (Å²) >= 11 is 0. The Bertz CT molecular complexity index is 1220. The molecule has 0 radical (unpaired) electrons. The molecule has 4 rings (SSSR count). The van der Waals surface area contributed by atoms with Crippen LogP contribution in [0.15, 0.2) is 58.1 Å². The number of benzene rings is 2. The van der Waals surface area contributed by atoms with E-state index in [0.717, 1.165) is 25.7 Å². The lowest BCUT2D eigenvalue weighted by molar-refractivity contribution is 0.512. The zero-order valence-corrected chi connectivity index (χ0v) is 17.5. The van der Waals surface area contributed by atoms with Gasteiger partial charge < -0.3 is 0 Å². The summed E-state index contributed by atoms with van der Waals surface area (Å²) in [6.07, 6.45) is 4.92. The van der Waals surface area contributed by atoms with Gasteiger partial charge in [0.25, 0.3) is 11.1 Å². The van der Waals surface area contributed by atoms with Gasteiger partial charge in [0.15, 0.2) is 0 Å². The Balaban J connectivity index is 2.10. The van der Waals surface area contributed by atoms with Gasteiger partial charge in [0.05, 0.1) is 21.8 Å². The van der Waals surface area contributed by atoms with E-state index < -0.39 is 0 Å². The normalized spacial score (nSPS) is 11.4. The second-order valence-electron chi connectivity index (χ2n) is 7.53. The number of hydrogen-bond donors (Lipinski definition) is 0. The van der Waals surface area contributed by atoms with Crippen molar-refractivity contribution >= 4 is 21.8 Å². The fraction of sp³-hybridized carbons (Fsp3) is 0.333. The smallest absolute Gasteiger partial charge is 0.267 e. The van der Waals surface area contributed by atoms with Gasteiger partial charge in [-0.15, -0.1) is 0 Å². The highest BCUT2D eigenvalue weighted by atomic mass is 16.2. The highest BCUT2D eigenvalue weighted by molar-refractivity contribution is 5.78. The van der Waals surface area contributed by atoms with Gasteiger partial charge in [-0.2, -0.15) is 9.35 Å². The number of hydrogen-bond acceptors (Lipinski definition) is 4. The van der Waals surface area contributed by atoms with Crippen LogP contribution < -0.4 is 11.1 Å². The van der Waals surface area contributed by atoms with Crippen molar-refractivity contribution in [3.63, 3.8) is 0 Å². The third-order valence-corrected chi connectivity index (χ3v) is 5.35. The van der Waals surface area contributed by atoms with Gasteiger partial charge in [0, 0.05) is 12.8 Å². The molecule has 0 aliphatic heterocycles. The van der Waals surface area contributed by atoms with E-state index in [0.29, 0.717) is 46.3 Å². The van der Waals surface area contributed by atoms with Crippen LogP contribution in [-0.2, 0) is 12.8 Å². The van der Waals surface area contributed by atoms with Crippen LogP contribution in [0.2, 0.25) is 0 Å². The Hall–Kier alpha value is -3.28. The number of unbranched alkanes of at least 4 members (excludes halogenated alkanes) is 2. The summed E-state index contributed by atoms with van der Waals surface area (Å²) in [5.74, 6) is 1.19. The zero-order valence-electron chi connectivity index (χ0n) is 17.5. The Morgan fingerprint density at radius 3 is 1.47 bits per heavy atom. The van der Waals surface area contributed by atoms with Crippen LogP contribution >= 0.6 is 0 Å². The maximum atomic E-state index is 13.6. The molecule has 0 atom stereocenters. The quantitative estimate of drug-likeness (QED) is 0.467. The van der Waals surface area contributed by atoms with Gasteiger partial charge in [-0.25, -0.2) is 9.97 Å². The van der Waals surface area contributed by atoms with Gasteiger partial charge in [0.1, 0.15) is 11.6 Å². The molecular weight excluding hydrogens is 376 g/mol. The van der Waals surface area contributed by atoms with E-state index in [2.05, 4.69) is 13.8 Å². The molecule has 6 nitrogen and oxygen atoms in total. The van der Waals surface area contributed by atoms with E-state index in [1.165, 1.54) is 9.35 Å². The molecule has 0 unspecified atom stereocenters. The molecule has 0 fully saturated rings. The Morgan fingerprint density at radius 1 is 0.667 bits per heavy atom. The number of nitrogens with zero attached hydrogens (tertiary/aromatic N) is 4. The lowest BCUT2D eigenvalue weighted by Gasteiger charge is -2.19. The third kappa shape index (κ3) is 3.54. The van der Waals surface area contributed by atoms with Crippen molar-refractivity contribution < 1.29 is 0 Å². The summed E-state index contributed by atoms with van der Waals surface area (Å²) in [4.78, 5) is 36.7. The summed E-state index contributed by atoms with van der Waals surface area (Å²) in [5, 5.41) is 0.999. The van der Waals surface area contributed by atoms with Gasteiger partial charge in [-0.1, -0.05) is 51.0 Å². The number of fused-ring (bicyclic) bond motifs is 2. The first-order valence-corrected chi connectivity index (χ1v) is 10.7. The molecule has 2 aromatic carbocycles. The summed E-state index contributed by atoms with van der Waals surface area (Å²) in [7, 11) is 0. The lowest BCUT2D eigenvalue weighted by Crippen LogP contribution is -2.40. The van der Waals surface area contributed by atoms with E-state index >= 15 is 0 Å². The summed E-state index contributed by atoms with van der Waals surface area (Å²) < 4.78 is 2.93. The largest absolute Gasteiger partial charge is 0.280 e. The number of aromatic nitrogens is 4. The van der Waals surface area contributed by atoms with Gasteiger partial charge in [0.2, 0.25) is 0 Å². The fourth-order valence-electron chi connectivity index (χ4n) is 3.75. The predicted molar refractivity (Wildman–Crippen MR) is 120 cm³/mol. The molecule has 0 spiro atoms. The van der Waals surface area contributed by atoms with E-state index in [4.69, 9.17) is 9.97 Å². The molecule has 0 N–H and O–H groups in total. The summed E-state index contributed by atoms with van der Waals surface area (Å²) in [6, 6.07) is 14.6. The summed E-state index contributed by atoms with van der Waals surface area (Å²) in [6.45, 7) is 4.19. The van der Waals surface area contributed by atoms with E-state index in [1.807, 2.05) is 36.4 Å². The van der Waals surface area contributed by atoms with Crippen molar-refractivity contribution in [3.05, 3.63) is 80.9 Å². The second-order valence-corrected chi connectivity index (χ2v) is 7.53. The minimum Gasteiger partial charge on any atom is -0.267 e. The van der Waals surface area contributed by atoms with Gasteiger partial charge >= 0.3 is 0 Å². The third-order valence-electron chi connectivity index (χ3n) is 5.35. The van der Waals surface area contributed by atoms with Crippen LogP contribution in [0.1, 0.15) is 51.2 Å². The highest BCUT2D eigenvalue weighted by Gasteiger charge is 2.18. The van der Waals surface area contributed by atoms with Crippen LogP contribution in [0.25, 0.3) is 21.8 Å².